The van der Waals surface area contributed by atoms with Gasteiger partial charge in [0.25, 0.3) is 5.91 Å². The summed E-state index contributed by atoms with van der Waals surface area (Å²) in [6.07, 6.45) is 1.87. The van der Waals surface area contributed by atoms with E-state index in [9.17, 15) is 9.90 Å². The summed E-state index contributed by atoms with van der Waals surface area (Å²) in [6.45, 7) is 0.793. The normalized spacial score (nSPS) is 19.3. The minimum atomic E-state index is -0.0227. The van der Waals surface area contributed by atoms with Gasteiger partial charge in [0.15, 0.2) is 0 Å². The third kappa shape index (κ3) is 1.92. The summed E-state index contributed by atoms with van der Waals surface area (Å²) in [6, 6.07) is 9.89. The van der Waals surface area contributed by atoms with Gasteiger partial charge in [0.1, 0.15) is 5.69 Å². The molecule has 1 aromatic carbocycles. The third-order valence-electron chi connectivity index (χ3n) is 4.02. The van der Waals surface area contributed by atoms with E-state index in [1.807, 2.05) is 41.9 Å². The summed E-state index contributed by atoms with van der Waals surface area (Å²) in [5, 5.41) is 10.4. The van der Waals surface area contributed by atoms with Crippen molar-refractivity contribution in [2.75, 3.05) is 13.2 Å². The van der Waals surface area contributed by atoms with Gasteiger partial charge in [-0.2, -0.15) is 0 Å². The van der Waals surface area contributed by atoms with Gasteiger partial charge in [-0.15, -0.1) is 0 Å². The number of rotatable bonds is 2. The van der Waals surface area contributed by atoms with Gasteiger partial charge in [0.05, 0.1) is 12.6 Å². The molecular formula is C15H18N2O2. The largest absolute Gasteiger partial charge is 0.394 e. The number of carbonyl (C=O) groups is 1. The second kappa shape index (κ2) is 4.70. The molecule has 1 fully saturated rings. The van der Waals surface area contributed by atoms with E-state index in [2.05, 4.69) is 0 Å². The number of nitrogens with zero attached hydrogens (tertiary/aromatic N) is 2. The number of amides is 1. The van der Waals surface area contributed by atoms with Gasteiger partial charge in [-0.05, 0) is 25.0 Å². The van der Waals surface area contributed by atoms with E-state index in [0.29, 0.717) is 5.69 Å². The first-order chi connectivity index (χ1) is 9.22. The summed E-state index contributed by atoms with van der Waals surface area (Å²) in [5.74, 6) is 0.0234. The van der Waals surface area contributed by atoms with Crippen molar-refractivity contribution in [3.63, 3.8) is 0 Å². The van der Waals surface area contributed by atoms with Crippen LogP contribution in [0.2, 0.25) is 0 Å². The van der Waals surface area contributed by atoms with Crippen molar-refractivity contribution in [1.29, 1.82) is 0 Å². The summed E-state index contributed by atoms with van der Waals surface area (Å²) in [5.41, 5.74) is 1.76. The van der Waals surface area contributed by atoms with Crippen molar-refractivity contribution in [3.05, 3.63) is 36.0 Å². The zero-order chi connectivity index (χ0) is 13.4. The first-order valence-electron chi connectivity index (χ1n) is 6.68. The Labute approximate surface area is 112 Å². The molecule has 2 heterocycles. The van der Waals surface area contributed by atoms with Crippen LogP contribution in [0.25, 0.3) is 10.9 Å². The van der Waals surface area contributed by atoms with Crippen LogP contribution in [0.1, 0.15) is 23.3 Å². The van der Waals surface area contributed by atoms with Crippen LogP contribution in [0.3, 0.4) is 0 Å². The lowest BCUT2D eigenvalue weighted by Gasteiger charge is -2.23. The van der Waals surface area contributed by atoms with E-state index in [4.69, 9.17) is 0 Å². The predicted octanol–water partition coefficient (Wildman–Crippen LogP) is 1.78. The number of aliphatic hydroxyl groups excluding tert-OH is 1. The van der Waals surface area contributed by atoms with Crippen LogP contribution in [-0.2, 0) is 7.05 Å². The molecule has 100 valence electrons. The maximum Gasteiger partial charge on any atom is 0.270 e. The average Bonchev–Trinajstić information content (AvgIpc) is 3.03. The Hall–Kier alpha value is -1.81. The molecule has 3 rings (SSSR count). The number of hydrogen-bond acceptors (Lipinski definition) is 2. The number of carbonyl (C=O) groups excluding carboxylic acids is 1. The van der Waals surface area contributed by atoms with E-state index in [1.54, 1.807) is 4.90 Å². The fourth-order valence-corrected chi connectivity index (χ4v) is 2.93. The highest BCUT2D eigenvalue weighted by atomic mass is 16.3. The first kappa shape index (κ1) is 12.2. The van der Waals surface area contributed by atoms with Gasteiger partial charge in [-0.25, -0.2) is 0 Å². The number of para-hydroxylation sites is 1. The number of benzene rings is 1. The van der Waals surface area contributed by atoms with Crippen LogP contribution in [0, 0.1) is 0 Å². The summed E-state index contributed by atoms with van der Waals surface area (Å²) < 4.78 is 1.93. The van der Waals surface area contributed by atoms with Gasteiger partial charge in [-0.1, -0.05) is 18.2 Å². The first-order valence-corrected chi connectivity index (χ1v) is 6.68. The maximum atomic E-state index is 12.6. The molecule has 0 radical (unpaired) electrons. The molecular weight excluding hydrogens is 240 g/mol. The lowest BCUT2D eigenvalue weighted by molar-refractivity contribution is 0.0668. The lowest BCUT2D eigenvalue weighted by atomic mass is 10.2. The van der Waals surface area contributed by atoms with E-state index in [-0.39, 0.29) is 18.6 Å². The van der Waals surface area contributed by atoms with Gasteiger partial charge in [0.2, 0.25) is 0 Å². The molecule has 1 aromatic heterocycles. The van der Waals surface area contributed by atoms with Crippen LogP contribution in [0.5, 0.6) is 0 Å². The Morgan fingerprint density at radius 1 is 1.42 bits per heavy atom. The molecule has 1 N–H and O–H groups in total. The number of likely N-dealkylation sites (tertiary alicyclic amines) is 1. The summed E-state index contributed by atoms with van der Waals surface area (Å²) in [7, 11) is 1.92. The maximum absolute atomic E-state index is 12.6. The molecule has 1 atom stereocenters. The fourth-order valence-electron chi connectivity index (χ4n) is 2.93. The van der Waals surface area contributed by atoms with Crippen LogP contribution >= 0.6 is 0 Å². The summed E-state index contributed by atoms with van der Waals surface area (Å²) >= 11 is 0. The highest BCUT2D eigenvalue weighted by Crippen LogP contribution is 2.23. The lowest BCUT2D eigenvalue weighted by Crippen LogP contribution is -2.38. The Morgan fingerprint density at radius 3 is 2.95 bits per heavy atom. The molecule has 1 amide bonds. The minimum Gasteiger partial charge on any atom is -0.394 e. The van der Waals surface area contributed by atoms with E-state index in [0.717, 1.165) is 30.3 Å². The zero-order valence-corrected chi connectivity index (χ0v) is 11.0. The Bertz CT molecular complexity index is 618. The van der Waals surface area contributed by atoms with Gasteiger partial charge in [0, 0.05) is 24.5 Å². The molecule has 0 saturated carbocycles. The van der Waals surface area contributed by atoms with Crippen molar-refractivity contribution in [2.24, 2.45) is 7.05 Å². The smallest absolute Gasteiger partial charge is 0.270 e. The molecule has 4 heteroatoms. The second-order valence-electron chi connectivity index (χ2n) is 5.12. The van der Waals surface area contributed by atoms with Gasteiger partial charge in [-0.3, -0.25) is 4.79 Å². The van der Waals surface area contributed by atoms with Crippen molar-refractivity contribution in [1.82, 2.24) is 9.47 Å². The molecule has 1 aliphatic heterocycles. The molecule has 0 bridgehead atoms. The van der Waals surface area contributed by atoms with E-state index in [1.165, 1.54) is 0 Å². The molecule has 4 nitrogen and oxygen atoms in total. The Morgan fingerprint density at radius 2 is 2.21 bits per heavy atom. The SMILES string of the molecule is Cn1c(C(=O)N2CCCC2CO)cc2ccccc21. The standard InChI is InChI=1S/C15H18N2O2/c1-16-13-7-3-2-5-11(13)9-14(16)15(19)17-8-4-6-12(17)10-18/h2-3,5,7,9,12,18H,4,6,8,10H2,1H3. The molecule has 1 aliphatic rings. The van der Waals surface area contributed by atoms with Gasteiger partial charge < -0.3 is 14.6 Å². The van der Waals surface area contributed by atoms with Crippen molar-refractivity contribution in [3.8, 4) is 0 Å². The Kier molecular flexibility index (Phi) is 3.03. The number of fused-ring (bicyclic) bond motifs is 1. The Balaban J connectivity index is 2.00. The van der Waals surface area contributed by atoms with Crippen molar-refractivity contribution >= 4 is 16.8 Å². The average molecular weight is 258 g/mol. The quantitative estimate of drug-likeness (QED) is 0.892. The van der Waals surface area contributed by atoms with Crippen LogP contribution in [0.4, 0.5) is 0 Å². The fraction of sp³-hybridized carbons (Fsp3) is 0.400. The van der Waals surface area contributed by atoms with Crippen LogP contribution in [-0.4, -0.2) is 39.7 Å². The van der Waals surface area contributed by atoms with Crippen LogP contribution < -0.4 is 0 Å². The molecule has 0 spiro atoms. The molecule has 2 aromatic rings. The monoisotopic (exact) mass is 258 g/mol. The molecule has 1 saturated heterocycles. The molecule has 0 aliphatic carbocycles. The molecule has 1 unspecified atom stereocenters. The third-order valence-corrected chi connectivity index (χ3v) is 4.02. The molecule has 19 heavy (non-hydrogen) atoms. The predicted molar refractivity (Wildman–Crippen MR) is 74.1 cm³/mol. The number of aromatic nitrogens is 1. The number of aliphatic hydroxyl groups is 1. The summed E-state index contributed by atoms with van der Waals surface area (Å²) in [4.78, 5) is 14.4. The van der Waals surface area contributed by atoms with Crippen molar-refractivity contribution in [2.45, 2.75) is 18.9 Å². The minimum absolute atomic E-state index is 0.0227. The van der Waals surface area contributed by atoms with Crippen molar-refractivity contribution < 1.29 is 9.90 Å². The highest BCUT2D eigenvalue weighted by molar-refractivity contribution is 5.99. The zero-order valence-electron chi connectivity index (χ0n) is 11.0. The van der Waals surface area contributed by atoms with E-state index < -0.39 is 0 Å². The second-order valence-corrected chi connectivity index (χ2v) is 5.12. The number of hydrogen-bond donors (Lipinski definition) is 1. The van der Waals surface area contributed by atoms with Gasteiger partial charge >= 0.3 is 0 Å². The topological polar surface area (TPSA) is 45.5 Å². The van der Waals surface area contributed by atoms with E-state index >= 15 is 0 Å². The highest BCUT2D eigenvalue weighted by Gasteiger charge is 2.30. The van der Waals surface area contributed by atoms with Crippen LogP contribution in [0.15, 0.2) is 30.3 Å². The number of aryl methyl sites for hydroxylation is 1.